The van der Waals surface area contributed by atoms with Gasteiger partial charge in [-0.05, 0) is 81.1 Å². The molecule has 4 saturated carbocycles. The minimum atomic E-state index is -0.163. The molecule has 0 radical (unpaired) electrons. The van der Waals surface area contributed by atoms with Crippen LogP contribution in [-0.4, -0.2) is 30.4 Å². The molecule has 28 heavy (non-hydrogen) atoms. The number of ketones is 2. The van der Waals surface area contributed by atoms with Gasteiger partial charge in [-0.15, -0.1) is 0 Å². The van der Waals surface area contributed by atoms with Crippen LogP contribution in [0.3, 0.4) is 0 Å². The van der Waals surface area contributed by atoms with Gasteiger partial charge in [-0.1, -0.05) is 19.0 Å². The van der Waals surface area contributed by atoms with E-state index in [4.69, 9.17) is 10.6 Å². The molecule has 0 heterocycles. The van der Waals surface area contributed by atoms with Gasteiger partial charge in [0.15, 0.2) is 0 Å². The number of carbonyl (C=O) groups excluding carboxylic acids is 2. The summed E-state index contributed by atoms with van der Waals surface area (Å²) in [6, 6.07) is 0. The first-order valence-electron chi connectivity index (χ1n) is 11.3. The summed E-state index contributed by atoms with van der Waals surface area (Å²) >= 11 is 0. The fraction of sp³-hybridized carbons (Fsp3) is 0.870. The summed E-state index contributed by atoms with van der Waals surface area (Å²) in [7, 11) is 0. The second-order valence-electron chi connectivity index (χ2n) is 10.2. The van der Waals surface area contributed by atoms with Gasteiger partial charge in [0.1, 0.15) is 18.2 Å². The first-order valence-corrected chi connectivity index (χ1v) is 11.3. The lowest BCUT2D eigenvalue weighted by Gasteiger charge is -2.58. The Morgan fingerprint density at radius 1 is 1.07 bits per heavy atom. The minimum Gasteiger partial charge on any atom is -0.396 e. The summed E-state index contributed by atoms with van der Waals surface area (Å²) in [4.78, 5) is 31.3. The lowest BCUT2D eigenvalue weighted by Crippen LogP contribution is -2.56. The largest absolute Gasteiger partial charge is 0.396 e. The molecule has 4 fully saturated rings. The maximum atomic E-state index is 13.2. The molecule has 0 aliphatic heterocycles. The van der Waals surface area contributed by atoms with Gasteiger partial charge in [-0.2, -0.15) is 0 Å². The third kappa shape index (κ3) is 3.14. The van der Waals surface area contributed by atoms with Crippen LogP contribution < -0.4 is 5.73 Å². The lowest BCUT2D eigenvalue weighted by molar-refractivity contribution is -0.152. The number of hydrogen-bond donors (Lipinski definition) is 1. The fourth-order valence-electron chi connectivity index (χ4n) is 7.15. The van der Waals surface area contributed by atoms with Crippen molar-refractivity contribution in [3.8, 4) is 0 Å². The van der Waals surface area contributed by atoms with Crippen molar-refractivity contribution in [3.05, 3.63) is 0 Å². The second kappa shape index (κ2) is 7.55. The van der Waals surface area contributed by atoms with Crippen molar-refractivity contribution < 1.29 is 14.4 Å². The summed E-state index contributed by atoms with van der Waals surface area (Å²) in [6.07, 6.45) is 9.09. The first-order chi connectivity index (χ1) is 13.4. The van der Waals surface area contributed by atoms with Crippen molar-refractivity contribution in [1.29, 1.82) is 0 Å². The molecule has 2 N–H and O–H groups in total. The predicted octanol–water partition coefficient (Wildman–Crippen LogP) is 3.89. The van der Waals surface area contributed by atoms with Gasteiger partial charge in [0, 0.05) is 24.2 Å². The molecule has 4 aliphatic rings. The summed E-state index contributed by atoms with van der Waals surface area (Å²) in [5.74, 6) is 2.33. The number of rotatable bonds is 5. The van der Waals surface area contributed by atoms with E-state index in [0.717, 1.165) is 63.5 Å². The molecule has 0 aromatic rings. The van der Waals surface area contributed by atoms with Crippen molar-refractivity contribution in [1.82, 2.24) is 0 Å². The molecule has 0 unspecified atom stereocenters. The van der Waals surface area contributed by atoms with Crippen molar-refractivity contribution >= 4 is 17.3 Å². The first kappa shape index (κ1) is 20.1. The normalized spacial score (nSPS) is 44.2. The van der Waals surface area contributed by atoms with Gasteiger partial charge in [-0.3, -0.25) is 9.59 Å². The quantitative estimate of drug-likeness (QED) is 0.572. The van der Waals surface area contributed by atoms with Crippen LogP contribution in [0.25, 0.3) is 0 Å². The third-order valence-corrected chi connectivity index (χ3v) is 8.89. The zero-order valence-corrected chi connectivity index (χ0v) is 17.5. The van der Waals surface area contributed by atoms with Crippen LogP contribution in [0, 0.1) is 34.5 Å². The van der Waals surface area contributed by atoms with Crippen LogP contribution in [0.2, 0.25) is 0 Å². The smallest absolute Gasteiger partial charge is 0.139 e. The van der Waals surface area contributed by atoms with Crippen LogP contribution in [0.5, 0.6) is 0 Å². The molecule has 4 rings (SSSR count). The number of carbonyl (C=O) groups is 2. The monoisotopic (exact) mass is 388 g/mol. The Balaban J connectivity index is 1.48. The summed E-state index contributed by atoms with van der Waals surface area (Å²) in [6.45, 7) is 5.82. The molecule has 156 valence electrons. The Morgan fingerprint density at radius 3 is 2.68 bits per heavy atom. The van der Waals surface area contributed by atoms with E-state index in [9.17, 15) is 9.59 Å². The van der Waals surface area contributed by atoms with E-state index in [1.807, 2.05) is 0 Å². The lowest BCUT2D eigenvalue weighted by atomic mass is 9.45. The Labute approximate surface area is 168 Å². The molecule has 0 amide bonds. The third-order valence-electron chi connectivity index (χ3n) is 8.89. The van der Waals surface area contributed by atoms with Gasteiger partial charge < -0.3 is 10.6 Å². The molecule has 6 atom stereocenters. The molecule has 0 bridgehead atoms. The highest BCUT2D eigenvalue weighted by Crippen LogP contribution is 2.64. The molecule has 0 aromatic heterocycles. The molecule has 0 spiro atoms. The van der Waals surface area contributed by atoms with E-state index in [1.54, 1.807) is 0 Å². The summed E-state index contributed by atoms with van der Waals surface area (Å²) in [5, 5.41) is 4.37. The number of Topliss-reactive ketones (excluding diaryl/α,β-unsaturated/α-hetero) is 2. The number of fused-ring (bicyclic) bond motifs is 5. The van der Waals surface area contributed by atoms with Gasteiger partial charge in [0.25, 0.3) is 0 Å². The van der Waals surface area contributed by atoms with Crippen molar-refractivity contribution in [2.75, 3.05) is 13.2 Å². The molecule has 5 nitrogen and oxygen atoms in total. The van der Waals surface area contributed by atoms with Crippen LogP contribution >= 0.6 is 0 Å². The SMILES string of the molecule is C[C@]12CC/C(=N/OCCCCN)C[C@@H]1C(=O)C[C@@H]1[C@@H]2CC[C@]2(C)C(=O)CC[C@@H]12. The van der Waals surface area contributed by atoms with Crippen molar-refractivity contribution in [2.24, 2.45) is 45.4 Å². The highest BCUT2D eigenvalue weighted by atomic mass is 16.6. The maximum absolute atomic E-state index is 13.2. The van der Waals surface area contributed by atoms with Crippen molar-refractivity contribution in [2.45, 2.75) is 78.1 Å². The van der Waals surface area contributed by atoms with E-state index in [0.29, 0.717) is 48.9 Å². The van der Waals surface area contributed by atoms with Crippen LogP contribution in [0.1, 0.15) is 78.1 Å². The molecule has 0 saturated heterocycles. The van der Waals surface area contributed by atoms with E-state index in [1.165, 1.54) is 0 Å². The Morgan fingerprint density at radius 2 is 1.89 bits per heavy atom. The highest BCUT2D eigenvalue weighted by molar-refractivity contribution is 5.93. The Hall–Kier alpha value is -1.23. The predicted molar refractivity (Wildman–Crippen MR) is 109 cm³/mol. The van der Waals surface area contributed by atoms with E-state index >= 15 is 0 Å². The molecular formula is C23H36N2O3. The summed E-state index contributed by atoms with van der Waals surface area (Å²) in [5.41, 5.74) is 6.46. The Kier molecular flexibility index (Phi) is 5.41. The standard InChI is InChI=1S/C23H36N2O3/c1-22-9-7-15(25-28-12-4-3-11-24)13-19(22)20(26)14-16-17-5-6-21(27)23(17,2)10-8-18(16)22/h16-19H,3-14,24H2,1-2H3/b25-15-/t16-,17-,18-,19+,22+,23-/m0/s1. The van der Waals surface area contributed by atoms with Crippen molar-refractivity contribution in [3.63, 3.8) is 0 Å². The Bertz CT molecular complexity index is 675. The number of oxime groups is 1. The number of nitrogens with zero attached hydrogens (tertiary/aromatic N) is 1. The molecule has 0 aromatic carbocycles. The van der Waals surface area contributed by atoms with Gasteiger partial charge in [0.05, 0.1) is 5.71 Å². The van der Waals surface area contributed by atoms with Gasteiger partial charge >= 0.3 is 0 Å². The van der Waals surface area contributed by atoms with Gasteiger partial charge in [-0.25, -0.2) is 0 Å². The number of nitrogens with two attached hydrogens (primary N) is 1. The van der Waals surface area contributed by atoms with E-state index < -0.39 is 0 Å². The number of hydrogen-bond acceptors (Lipinski definition) is 5. The molecule has 4 aliphatic carbocycles. The second-order valence-corrected chi connectivity index (χ2v) is 10.2. The van der Waals surface area contributed by atoms with Crippen LogP contribution in [0.15, 0.2) is 5.16 Å². The summed E-state index contributed by atoms with van der Waals surface area (Å²) < 4.78 is 0. The zero-order valence-electron chi connectivity index (χ0n) is 17.5. The molecule has 5 heteroatoms. The van der Waals surface area contributed by atoms with E-state index in [-0.39, 0.29) is 16.7 Å². The zero-order chi connectivity index (χ0) is 19.9. The minimum absolute atomic E-state index is 0.0610. The highest BCUT2D eigenvalue weighted by Gasteiger charge is 2.62. The number of unbranched alkanes of at least 4 members (excludes halogenated alkanes) is 1. The average Bonchev–Trinajstić information content (AvgIpc) is 2.98. The van der Waals surface area contributed by atoms with E-state index in [2.05, 4.69) is 19.0 Å². The average molecular weight is 389 g/mol. The topological polar surface area (TPSA) is 81.8 Å². The fourth-order valence-corrected chi connectivity index (χ4v) is 7.15. The van der Waals surface area contributed by atoms with Crippen LogP contribution in [0.4, 0.5) is 0 Å². The van der Waals surface area contributed by atoms with Gasteiger partial charge in [0.2, 0.25) is 0 Å². The maximum Gasteiger partial charge on any atom is 0.139 e. The molecular weight excluding hydrogens is 352 g/mol. The van der Waals surface area contributed by atoms with Crippen LogP contribution in [-0.2, 0) is 14.4 Å².